The van der Waals surface area contributed by atoms with Crippen molar-refractivity contribution >= 4 is 17.6 Å². The maximum atomic E-state index is 12.1. The summed E-state index contributed by atoms with van der Waals surface area (Å²) in [7, 11) is 1.53. The number of hydrogen-bond acceptors (Lipinski definition) is 6. The zero-order valence-electron chi connectivity index (χ0n) is 12.6. The second-order valence-electron chi connectivity index (χ2n) is 5.30. The highest BCUT2D eigenvalue weighted by Crippen LogP contribution is 2.39. The summed E-state index contributed by atoms with van der Waals surface area (Å²) in [6, 6.07) is 5.05. The Morgan fingerprint density at radius 2 is 2.17 bits per heavy atom. The summed E-state index contributed by atoms with van der Waals surface area (Å²) < 4.78 is 6.78. The molecule has 9 heteroatoms. The molecule has 2 N–H and O–H groups in total. The molecule has 1 aliphatic carbocycles. The third-order valence-electron chi connectivity index (χ3n) is 3.74. The van der Waals surface area contributed by atoms with Crippen molar-refractivity contribution in [1.29, 1.82) is 0 Å². The molecule has 0 bridgehead atoms. The Kier molecular flexibility index (Phi) is 3.68. The van der Waals surface area contributed by atoms with Crippen LogP contribution in [0.3, 0.4) is 0 Å². The molecule has 0 radical (unpaired) electrons. The van der Waals surface area contributed by atoms with E-state index < -0.39 is 17.8 Å². The van der Waals surface area contributed by atoms with Crippen molar-refractivity contribution in [2.45, 2.75) is 13.3 Å². The van der Waals surface area contributed by atoms with Crippen molar-refractivity contribution in [2.75, 3.05) is 12.4 Å². The number of tetrazole rings is 1. The van der Waals surface area contributed by atoms with Gasteiger partial charge < -0.3 is 15.2 Å². The van der Waals surface area contributed by atoms with Crippen LogP contribution in [0.25, 0.3) is 5.69 Å². The summed E-state index contributed by atoms with van der Waals surface area (Å²) in [5.41, 5.74) is 1.11. The number of carboxylic acid groups (broad SMARTS) is 1. The number of rotatable bonds is 5. The molecule has 3 rings (SSSR count). The minimum absolute atomic E-state index is 0.304. The number of nitrogens with one attached hydrogen (secondary N) is 1. The first-order chi connectivity index (χ1) is 11.0. The monoisotopic (exact) mass is 317 g/mol. The Morgan fingerprint density at radius 1 is 1.39 bits per heavy atom. The van der Waals surface area contributed by atoms with E-state index in [9.17, 15) is 9.59 Å². The summed E-state index contributed by atoms with van der Waals surface area (Å²) >= 11 is 0. The van der Waals surface area contributed by atoms with E-state index in [1.807, 2.05) is 0 Å². The molecule has 1 fully saturated rings. The van der Waals surface area contributed by atoms with Crippen LogP contribution in [0.5, 0.6) is 5.75 Å². The van der Waals surface area contributed by atoms with Gasteiger partial charge in [-0.2, -0.15) is 4.68 Å². The van der Waals surface area contributed by atoms with Gasteiger partial charge in [-0.05, 0) is 42.0 Å². The van der Waals surface area contributed by atoms with Gasteiger partial charge in [-0.25, -0.2) is 0 Å². The zero-order valence-corrected chi connectivity index (χ0v) is 12.6. The smallest absolute Gasteiger partial charge is 0.307 e. The number of methoxy groups -OCH3 is 1. The molecule has 1 aromatic heterocycles. The van der Waals surface area contributed by atoms with E-state index >= 15 is 0 Å². The highest BCUT2D eigenvalue weighted by Gasteiger charge is 2.48. The number of carbonyl (C=O) groups is 2. The number of carboxylic acids is 1. The molecule has 1 saturated carbocycles. The summed E-state index contributed by atoms with van der Waals surface area (Å²) in [5.74, 6) is -1.19. The number of aryl methyl sites for hydroxylation is 1. The van der Waals surface area contributed by atoms with Gasteiger partial charge in [0, 0.05) is 5.69 Å². The number of benzene rings is 1. The second-order valence-corrected chi connectivity index (χ2v) is 5.30. The first-order valence-corrected chi connectivity index (χ1v) is 6.98. The lowest BCUT2D eigenvalue weighted by atomic mass is 10.2. The molecule has 1 amide bonds. The number of aromatic nitrogens is 4. The second kappa shape index (κ2) is 5.67. The maximum absolute atomic E-state index is 12.1. The van der Waals surface area contributed by atoms with Crippen LogP contribution < -0.4 is 10.1 Å². The number of carbonyl (C=O) groups excluding carboxylic acids is 1. The third kappa shape index (κ3) is 2.85. The fourth-order valence-electron chi connectivity index (χ4n) is 2.38. The first-order valence-electron chi connectivity index (χ1n) is 6.98. The Labute approximate surface area is 131 Å². The van der Waals surface area contributed by atoms with Gasteiger partial charge in [-0.1, -0.05) is 0 Å². The molecule has 0 aliphatic heterocycles. The molecule has 23 heavy (non-hydrogen) atoms. The van der Waals surface area contributed by atoms with E-state index in [2.05, 4.69) is 20.8 Å². The molecular formula is C14H15N5O4. The minimum Gasteiger partial charge on any atom is -0.494 e. The number of nitrogens with zero attached hydrogens (tertiary/aromatic N) is 4. The topological polar surface area (TPSA) is 119 Å². The van der Waals surface area contributed by atoms with Crippen molar-refractivity contribution in [2.24, 2.45) is 11.8 Å². The summed E-state index contributed by atoms with van der Waals surface area (Å²) in [4.78, 5) is 22.9. The molecule has 0 spiro atoms. The van der Waals surface area contributed by atoms with Gasteiger partial charge in [0.25, 0.3) is 0 Å². The average molecular weight is 317 g/mol. The van der Waals surface area contributed by atoms with Crippen molar-refractivity contribution in [3.05, 3.63) is 24.0 Å². The Morgan fingerprint density at radius 3 is 2.74 bits per heavy atom. The quantitative estimate of drug-likeness (QED) is 0.830. The number of amides is 1. The van der Waals surface area contributed by atoms with Crippen LogP contribution >= 0.6 is 0 Å². The van der Waals surface area contributed by atoms with Crippen LogP contribution in [0.4, 0.5) is 5.69 Å². The molecule has 2 atom stereocenters. The SMILES string of the molecule is COc1ccc(NC(=O)C2CC2C(=O)O)cc1-n1nnnc1C. The summed E-state index contributed by atoms with van der Waals surface area (Å²) in [5, 5.41) is 22.9. The molecule has 0 saturated heterocycles. The van der Waals surface area contributed by atoms with Crippen LogP contribution in [0.1, 0.15) is 12.2 Å². The van der Waals surface area contributed by atoms with Crippen molar-refractivity contribution in [3.63, 3.8) is 0 Å². The molecule has 120 valence electrons. The number of anilines is 1. The molecule has 9 nitrogen and oxygen atoms in total. The van der Waals surface area contributed by atoms with Crippen molar-refractivity contribution in [1.82, 2.24) is 20.2 Å². The van der Waals surface area contributed by atoms with Crippen LogP contribution in [0, 0.1) is 18.8 Å². The molecule has 1 aliphatic rings. The molecule has 2 unspecified atom stereocenters. The minimum atomic E-state index is -0.940. The number of ether oxygens (including phenoxy) is 1. The van der Waals surface area contributed by atoms with Crippen LogP contribution in [0.15, 0.2) is 18.2 Å². The fourth-order valence-corrected chi connectivity index (χ4v) is 2.38. The van der Waals surface area contributed by atoms with E-state index in [1.165, 1.54) is 11.8 Å². The fraction of sp³-hybridized carbons (Fsp3) is 0.357. The van der Waals surface area contributed by atoms with Crippen LogP contribution in [-0.2, 0) is 9.59 Å². The highest BCUT2D eigenvalue weighted by molar-refractivity contribution is 5.98. The van der Waals surface area contributed by atoms with E-state index in [0.29, 0.717) is 29.4 Å². The predicted octanol–water partition coefficient (Wildman–Crippen LogP) is 0.639. The first kappa shape index (κ1) is 14.9. The van der Waals surface area contributed by atoms with Gasteiger partial charge in [-0.3, -0.25) is 9.59 Å². The Bertz CT molecular complexity index is 772. The molecule has 1 aromatic carbocycles. The van der Waals surface area contributed by atoms with E-state index in [0.717, 1.165) is 0 Å². The van der Waals surface area contributed by atoms with Crippen LogP contribution in [0.2, 0.25) is 0 Å². The largest absolute Gasteiger partial charge is 0.494 e. The number of aliphatic carboxylic acids is 1. The van der Waals surface area contributed by atoms with Gasteiger partial charge in [0.05, 0.1) is 18.9 Å². The van der Waals surface area contributed by atoms with Gasteiger partial charge in [0.2, 0.25) is 5.91 Å². The van der Waals surface area contributed by atoms with Crippen molar-refractivity contribution < 1.29 is 19.4 Å². The average Bonchev–Trinajstić information content (AvgIpc) is 3.23. The molecular weight excluding hydrogens is 302 g/mol. The number of hydrogen-bond donors (Lipinski definition) is 2. The normalized spacial score (nSPS) is 19.2. The van der Waals surface area contributed by atoms with E-state index in [1.54, 1.807) is 25.1 Å². The van der Waals surface area contributed by atoms with Gasteiger partial charge in [-0.15, -0.1) is 5.10 Å². The van der Waals surface area contributed by atoms with Gasteiger partial charge >= 0.3 is 5.97 Å². The van der Waals surface area contributed by atoms with Gasteiger partial charge in [0.1, 0.15) is 11.4 Å². The predicted molar refractivity (Wildman–Crippen MR) is 78.3 cm³/mol. The van der Waals surface area contributed by atoms with Crippen molar-refractivity contribution in [3.8, 4) is 11.4 Å². The standard InChI is InChI=1S/C14H15N5O4/c1-7-16-17-18-19(7)11-5-8(3-4-12(11)23-2)15-13(20)9-6-10(9)14(21)22/h3-5,9-10H,6H2,1-2H3,(H,15,20)(H,21,22). The molecule has 1 heterocycles. The van der Waals surface area contributed by atoms with E-state index in [-0.39, 0.29) is 5.91 Å². The lowest BCUT2D eigenvalue weighted by molar-refractivity contribution is -0.139. The lowest BCUT2D eigenvalue weighted by Gasteiger charge is -2.11. The maximum Gasteiger partial charge on any atom is 0.307 e. The van der Waals surface area contributed by atoms with Gasteiger partial charge in [0.15, 0.2) is 5.82 Å². The molecule has 2 aromatic rings. The Hall–Kier alpha value is -2.97. The van der Waals surface area contributed by atoms with E-state index in [4.69, 9.17) is 9.84 Å². The summed E-state index contributed by atoms with van der Waals surface area (Å²) in [6.45, 7) is 1.74. The third-order valence-corrected chi connectivity index (χ3v) is 3.74. The summed E-state index contributed by atoms with van der Waals surface area (Å²) in [6.07, 6.45) is 0.371. The lowest BCUT2D eigenvalue weighted by Crippen LogP contribution is -2.17. The Balaban J connectivity index is 1.83. The zero-order chi connectivity index (χ0) is 16.6. The highest BCUT2D eigenvalue weighted by atomic mass is 16.5. The van der Waals surface area contributed by atoms with Crippen LogP contribution in [-0.4, -0.2) is 44.3 Å².